The van der Waals surface area contributed by atoms with E-state index in [1.54, 1.807) is 14.2 Å². The third-order valence-corrected chi connectivity index (χ3v) is 4.92. The molecule has 0 N–H and O–H groups in total. The van der Waals surface area contributed by atoms with Crippen LogP contribution in [-0.2, 0) is 4.79 Å². The third-order valence-electron chi connectivity index (χ3n) is 4.92. The Morgan fingerprint density at radius 1 is 0.857 bits per heavy atom. The highest BCUT2D eigenvalue weighted by Crippen LogP contribution is 2.45. The largest absolute Gasteiger partial charge is 0.493 e. The topological polar surface area (TPSA) is 44.8 Å². The average Bonchev–Trinajstić information content (AvgIpc) is 2.77. The Labute approximate surface area is 164 Å². The molecule has 4 rings (SSSR count). The first-order chi connectivity index (χ1) is 13.8. The number of fused-ring (bicyclic) bond motifs is 1. The smallest absolute Gasteiger partial charge is 0.161 e. The Kier molecular flexibility index (Phi) is 4.85. The zero-order valence-electron chi connectivity index (χ0n) is 15.7. The zero-order chi connectivity index (χ0) is 19.5. The van der Waals surface area contributed by atoms with Crippen molar-refractivity contribution >= 4 is 12.0 Å². The van der Waals surface area contributed by atoms with Crippen LogP contribution in [-0.4, -0.2) is 20.5 Å². The van der Waals surface area contributed by atoms with Gasteiger partial charge in [0.2, 0.25) is 0 Å². The monoisotopic (exact) mass is 372 g/mol. The lowest BCUT2D eigenvalue weighted by molar-refractivity contribution is -0.105. The van der Waals surface area contributed by atoms with Crippen LogP contribution in [0.15, 0.2) is 78.4 Å². The maximum Gasteiger partial charge on any atom is 0.161 e. The van der Waals surface area contributed by atoms with Crippen LogP contribution in [0.3, 0.4) is 0 Å². The average molecular weight is 372 g/mol. The van der Waals surface area contributed by atoms with Crippen molar-refractivity contribution in [1.29, 1.82) is 0 Å². The van der Waals surface area contributed by atoms with E-state index >= 15 is 0 Å². The summed E-state index contributed by atoms with van der Waals surface area (Å²) in [6, 6.07) is 23.3. The fourth-order valence-electron chi connectivity index (χ4n) is 3.61. The fraction of sp³-hybridized carbons (Fsp3) is 0.125. The van der Waals surface area contributed by atoms with Crippen molar-refractivity contribution in [2.75, 3.05) is 14.2 Å². The van der Waals surface area contributed by atoms with Crippen LogP contribution >= 0.6 is 0 Å². The first-order valence-corrected chi connectivity index (χ1v) is 9.00. The van der Waals surface area contributed by atoms with Gasteiger partial charge in [0.25, 0.3) is 0 Å². The molecule has 0 saturated heterocycles. The van der Waals surface area contributed by atoms with Crippen LogP contribution in [0, 0.1) is 0 Å². The van der Waals surface area contributed by atoms with E-state index in [-0.39, 0.29) is 5.92 Å². The van der Waals surface area contributed by atoms with E-state index in [2.05, 4.69) is 0 Å². The van der Waals surface area contributed by atoms with E-state index in [9.17, 15) is 4.79 Å². The van der Waals surface area contributed by atoms with Gasteiger partial charge in [-0.05, 0) is 29.8 Å². The highest BCUT2D eigenvalue weighted by atomic mass is 16.5. The molecule has 1 aliphatic heterocycles. The van der Waals surface area contributed by atoms with Crippen LogP contribution in [0.1, 0.15) is 22.6 Å². The molecule has 4 heteroatoms. The Hall–Kier alpha value is -3.53. The summed E-state index contributed by atoms with van der Waals surface area (Å²) in [5.74, 6) is 2.27. The maximum absolute atomic E-state index is 12.2. The summed E-state index contributed by atoms with van der Waals surface area (Å²) in [4.78, 5) is 12.2. The Bertz CT molecular complexity index is 1040. The number of rotatable bonds is 5. The molecule has 4 nitrogen and oxygen atoms in total. The first kappa shape index (κ1) is 17.9. The van der Waals surface area contributed by atoms with Crippen molar-refractivity contribution in [2.45, 2.75) is 5.92 Å². The lowest BCUT2D eigenvalue weighted by atomic mass is 9.82. The molecule has 3 aromatic rings. The number of aldehydes is 1. The molecular formula is C24H20O4. The molecule has 1 heterocycles. The van der Waals surface area contributed by atoms with E-state index in [4.69, 9.17) is 14.2 Å². The molecular weight excluding hydrogens is 352 g/mol. The van der Waals surface area contributed by atoms with Crippen LogP contribution in [0.2, 0.25) is 0 Å². The van der Waals surface area contributed by atoms with Gasteiger partial charge in [-0.25, -0.2) is 0 Å². The van der Waals surface area contributed by atoms with Gasteiger partial charge < -0.3 is 14.2 Å². The van der Waals surface area contributed by atoms with Crippen molar-refractivity contribution in [3.05, 3.63) is 95.1 Å². The molecule has 140 valence electrons. The SMILES string of the molecule is COc1ccc(C2=C(C=O)[C@@H](c3ccccc3)c3ccccc3O2)cc1OC. The molecule has 28 heavy (non-hydrogen) atoms. The molecule has 0 unspecified atom stereocenters. The summed E-state index contributed by atoms with van der Waals surface area (Å²) in [5.41, 5.74) is 3.35. The minimum atomic E-state index is -0.202. The van der Waals surface area contributed by atoms with Gasteiger partial charge in [-0.3, -0.25) is 4.79 Å². The van der Waals surface area contributed by atoms with Crippen LogP contribution in [0.5, 0.6) is 17.2 Å². The number of allylic oxidation sites excluding steroid dienone is 1. The predicted molar refractivity (Wildman–Crippen MR) is 108 cm³/mol. The van der Waals surface area contributed by atoms with Crippen LogP contribution < -0.4 is 14.2 Å². The molecule has 3 aromatic carbocycles. The van der Waals surface area contributed by atoms with Gasteiger partial charge in [-0.2, -0.15) is 0 Å². The molecule has 0 radical (unpaired) electrons. The van der Waals surface area contributed by atoms with Gasteiger partial charge >= 0.3 is 0 Å². The quantitative estimate of drug-likeness (QED) is 0.601. The molecule has 0 aliphatic carbocycles. The summed E-state index contributed by atoms with van der Waals surface area (Å²) < 4.78 is 17.0. The third kappa shape index (κ3) is 3.03. The minimum Gasteiger partial charge on any atom is -0.493 e. The summed E-state index contributed by atoms with van der Waals surface area (Å²) >= 11 is 0. The van der Waals surface area contributed by atoms with Gasteiger partial charge in [-0.1, -0.05) is 48.5 Å². The van der Waals surface area contributed by atoms with Crippen molar-refractivity contribution in [2.24, 2.45) is 0 Å². The van der Waals surface area contributed by atoms with Gasteiger partial charge in [0, 0.05) is 22.6 Å². The number of carbonyl (C=O) groups is 1. The van der Waals surface area contributed by atoms with E-state index < -0.39 is 0 Å². The highest BCUT2D eigenvalue weighted by Gasteiger charge is 2.31. The summed E-state index contributed by atoms with van der Waals surface area (Å²) in [7, 11) is 3.17. The number of para-hydroxylation sites is 1. The summed E-state index contributed by atoms with van der Waals surface area (Å²) in [5, 5.41) is 0. The van der Waals surface area contributed by atoms with E-state index in [1.807, 2.05) is 72.8 Å². The second-order valence-corrected chi connectivity index (χ2v) is 6.46. The van der Waals surface area contributed by atoms with Crippen LogP contribution in [0.4, 0.5) is 0 Å². The molecule has 1 atom stereocenters. The summed E-state index contributed by atoms with van der Waals surface area (Å²) in [6.07, 6.45) is 0.889. The standard InChI is InChI=1S/C24H20O4/c1-26-21-13-12-17(14-22(21)27-2)24-19(15-25)23(16-8-4-3-5-9-16)18-10-6-7-11-20(18)28-24/h3-15,23H,1-2H3/t23-/m0/s1. The second-order valence-electron chi connectivity index (χ2n) is 6.46. The fourth-order valence-corrected chi connectivity index (χ4v) is 3.61. The van der Waals surface area contributed by atoms with Crippen molar-refractivity contribution < 1.29 is 19.0 Å². The number of hydrogen-bond donors (Lipinski definition) is 0. The first-order valence-electron chi connectivity index (χ1n) is 9.00. The molecule has 0 fully saturated rings. The van der Waals surface area contributed by atoms with Gasteiger partial charge in [0.15, 0.2) is 17.8 Å². The molecule has 0 saturated carbocycles. The predicted octanol–water partition coefficient (Wildman–Crippen LogP) is 4.84. The second kappa shape index (κ2) is 7.61. The maximum atomic E-state index is 12.2. The van der Waals surface area contributed by atoms with E-state index in [0.717, 1.165) is 28.7 Å². The van der Waals surface area contributed by atoms with Crippen molar-refractivity contribution in [3.63, 3.8) is 0 Å². The zero-order valence-corrected chi connectivity index (χ0v) is 15.7. The van der Waals surface area contributed by atoms with Crippen molar-refractivity contribution in [1.82, 2.24) is 0 Å². The summed E-state index contributed by atoms with van der Waals surface area (Å²) in [6.45, 7) is 0. The number of benzene rings is 3. The van der Waals surface area contributed by atoms with E-state index in [0.29, 0.717) is 22.8 Å². The lowest BCUT2D eigenvalue weighted by Gasteiger charge is -2.29. The molecule has 0 amide bonds. The number of ether oxygens (including phenoxy) is 3. The number of hydrogen-bond acceptors (Lipinski definition) is 4. The Balaban J connectivity index is 1.93. The molecule has 1 aliphatic rings. The molecule has 0 bridgehead atoms. The normalized spacial score (nSPS) is 15.4. The highest BCUT2D eigenvalue weighted by molar-refractivity contribution is 5.91. The van der Waals surface area contributed by atoms with Crippen LogP contribution in [0.25, 0.3) is 5.76 Å². The molecule has 0 spiro atoms. The number of methoxy groups -OCH3 is 2. The van der Waals surface area contributed by atoms with E-state index in [1.165, 1.54) is 0 Å². The van der Waals surface area contributed by atoms with Gasteiger partial charge in [0.1, 0.15) is 11.5 Å². The van der Waals surface area contributed by atoms with Gasteiger partial charge in [-0.15, -0.1) is 0 Å². The van der Waals surface area contributed by atoms with Crippen molar-refractivity contribution in [3.8, 4) is 17.2 Å². The minimum absolute atomic E-state index is 0.202. The van der Waals surface area contributed by atoms with Gasteiger partial charge in [0.05, 0.1) is 14.2 Å². The number of carbonyl (C=O) groups excluding carboxylic acids is 1. The molecule has 0 aromatic heterocycles. The Morgan fingerprint density at radius 2 is 1.57 bits per heavy atom. The Morgan fingerprint density at radius 3 is 2.29 bits per heavy atom. The lowest BCUT2D eigenvalue weighted by Crippen LogP contribution is -2.17.